The van der Waals surface area contributed by atoms with Gasteiger partial charge in [0.1, 0.15) is 11.6 Å². The minimum absolute atomic E-state index is 0.00943. The summed E-state index contributed by atoms with van der Waals surface area (Å²) < 4.78 is 30.2. The number of aromatic nitrogens is 8. The molecule has 2 saturated heterocycles. The lowest BCUT2D eigenvalue weighted by Gasteiger charge is -2.33. The summed E-state index contributed by atoms with van der Waals surface area (Å²) in [5.41, 5.74) is 4.65. The molecule has 0 atom stereocenters. The number of imide groups is 2. The Morgan fingerprint density at radius 1 is 0.653 bits per heavy atom. The van der Waals surface area contributed by atoms with Crippen LogP contribution in [0.4, 0.5) is 32.6 Å². The van der Waals surface area contributed by atoms with Crippen LogP contribution < -0.4 is 31.9 Å². The molecule has 4 aliphatic rings. The van der Waals surface area contributed by atoms with Gasteiger partial charge in [0.25, 0.3) is 11.8 Å². The molecule has 4 amide bonds. The van der Waals surface area contributed by atoms with Crippen molar-refractivity contribution in [2.75, 3.05) is 48.5 Å². The Balaban J connectivity index is 0.000000178. The Morgan fingerprint density at radius 2 is 1.10 bits per heavy atom. The van der Waals surface area contributed by atoms with Crippen molar-refractivity contribution >= 4 is 70.9 Å². The highest BCUT2D eigenvalue weighted by molar-refractivity contribution is 6.16. The van der Waals surface area contributed by atoms with Gasteiger partial charge in [0.15, 0.2) is 11.3 Å². The van der Waals surface area contributed by atoms with Gasteiger partial charge in [0, 0.05) is 53.5 Å². The van der Waals surface area contributed by atoms with Crippen molar-refractivity contribution in [3.8, 4) is 0 Å². The van der Waals surface area contributed by atoms with Crippen LogP contribution in [0, 0.1) is 11.6 Å². The highest BCUT2D eigenvalue weighted by atomic mass is 19.1. The summed E-state index contributed by atoms with van der Waals surface area (Å²) in [4.78, 5) is 68.3. The maximum Gasteiger partial charge on any atom is 0.254 e. The maximum absolute atomic E-state index is 13.6. The van der Waals surface area contributed by atoms with Crippen LogP contribution in [0.2, 0.25) is 0 Å². The second-order valence-electron chi connectivity index (χ2n) is 18.7. The number of halogens is 2. The number of nitrogens with one attached hydrogen (secondary N) is 6. The topological polar surface area (TPSA) is 250 Å². The first kappa shape index (κ1) is 49.3. The monoisotopic (exact) mass is 985 g/mol. The third kappa shape index (κ3) is 12.2. The lowest BCUT2D eigenvalue weighted by atomic mass is 9.91. The van der Waals surface area contributed by atoms with E-state index in [4.69, 9.17) is 9.97 Å². The first-order valence-electron chi connectivity index (χ1n) is 24.3. The number of nitrogens with zero attached hydrogens (tertiary/aromatic N) is 9. The van der Waals surface area contributed by atoms with Gasteiger partial charge in [-0.2, -0.15) is 39.2 Å². The van der Waals surface area contributed by atoms with Gasteiger partial charge in [-0.1, -0.05) is 24.3 Å². The van der Waals surface area contributed by atoms with Crippen LogP contribution >= 0.6 is 0 Å². The van der Waals surface area contributed by atoms with Gasteiger partial charge in [0.2, 0.25) is 35.6 Å². The van der Waals surface area contributed by atoms with Crippen molar-refractivity contribution in [3.63, 3.8) is 0 Å². The normalized spacial score (nSPS) is 21.3. The van der Waals surface area contributed by atoms with Crippen LogP contribution in [0.3, 0.4) is 0 Å². The van der Waals surface area contributed by atoms with Crippen LogP contribution in [-0.2, 0) is 32.0 Å². The number of hydrogen-bond donors (Lipinski definition) is 7. The predicted molar refractivity (Wildman–Crippen MR) is 265 cm³/mol. The molecule has 2 aliphatic carbocycles. The molecule has 6 heterocycles. The highest BCUT2D eigenvalue weighted by Gasteiger charge is 2.28. The number of anilines is 4. The molecule has 376 valence electrons. The molecule has 0 spiro atoms. The Bertz CT molecular complexity index is 3050. The number of benzene rings is 2. The van der Waals surface area contributed by atoms with E-state index in [2.05, 4.69) is 71.1 Å². The molecule has 0 unspecified atom stereocenters. The second-order valence-corrected chi connectivity index (χ2v) is 18.7. The number of rotatable bonds is 15. The zero-order chi connectivity index (χ0) is 50.3. The van der Waals surface area contributed by atoms with Crippen molar-refractivity contribution in [1.29, 1.82) is 0 Å². The van der Waals surface area contributed by atoms with E-state index in [9.17, 15) is 33.1 Å². The molecular weight excluding hydrogens is 929 g/mol. The standard InChI is InChI=1S/C26H31FN8O2.C24H26FN7O3/c1-34(2)21-8-6-20(7-9-21)30-25-32-23-18(13-17-14-22(36)31-24(17)37)15-29-35(23)26(33-25)28-11-10-16-4-3-5-19(27)12-16;25-17-3-1-2-14(10-17)8-9-26-24-31-23(28-18-4-6-19(33)7-5-18)30-21-16(13-27-32(21)24)11-15-12-20(34)29-22(15)35/h3-5,12-13,15,20-21H,6-11,14H2,1-2H3,(H,31,36,37)(H2,28,30,32,33);1-3,10-11,13,18-19,33H,4-9,12H2,(H,29,34,35)(H2,26,28,30,31)/b17-13+;15-11+. The number of fused-ring (bicyclic) bond motifs is 2. The summed E-state index contributed by atoms with van der Waals surface area (Å²) in [7, 11) is 4.23. The van der Waals surface area contributed by atoms with Gasteiger partial charge in [0.05, 0.1) is 31.3 Å². The molecule has 2 aromatic carbocycles. The van der Waals surface area contributed by atoms with Crippen LogP contribution in [0.1, 0.15) is 86.5 Å². The molecule has 0 bridgehead atoms. The molecule has 0 radical (unpaired) electrons. The summed E-state index contributed by atoms with van der Waals surface area (Å²) in [5.74, 6) is -0.221. The number of amides is 4. The van der Waals surface area contributed by atoms with Crippen LogP contribution in [-0.4, -0.2) is 124 Å². The first-order chi connectivity index (χ1) is 34.8. The summed E-state index contributed by atoms with van der Waals surface area (Å²) in [6.07, 6.45) is 14.6. The zero-order valence-electron chi connectivity index (χ0n) is 40.0. The fourth-order valence-electron chi connectivity index (χ4n) is 9.31. The number of carbonyl (C=O) groups excluding carboxylic acids is 4. The number of aliphatic hydroxyl groups excluding tert-OH is 1. The molecule has 4 aromatic heterocycles. The maximum atomic E-state index is 13.6. The Morgan fingerprint density at radius 3 is 1.50 bits per heavy atom. The average molecular weight is 986 g/mol. The summed E-state index contributed by atoms with van der Waals surface area (Å²) in [6, 6.07) is 13.9. The highest BCUT2D eigenvalue weighted by Crippen LogP contribution is 2.27. The van der Waals surface area contributed by atoms with Gasteiger partial charge >= 0.3 is 0 Å². The van der Waals surface area contributed by atoms with E-state index in [0.29, 0.717) is 102 Å². The molecular formula is C50H57F2N15O5. The first-order valence-corrected chi connectivity index (χ1v) is 24.3. The molecule has 6 aromatic rings. The lowest BCUT2D eigenvalue weighted by molar-refractivity contribution is -0.125. The zero-order valence-corrected chi connectivity index (χ0v) is 40.0. The summed E-state index contributed by atoms with van der Waals surface area (Å²) >= 11 is 0. The van der Waals surface area contributed by atoms with E-state index >= 15 is 0 Å². The Hall–Kier alpha value is -7.72. The molecule has 7 N–H and O–H groups in total. The summed E-state index contributed by atoms with van der Waals surface area (Å²) in [5, 5.41) is 36.6. The van der Waals surface area contributed by atoms with Crippen molar-refractivity contribution in [1.82, 2.24) is 54.7 Å². The quantitative estimate of drug-likeness (QED) is 0.0544. The second kappa shape index (κ2) is 22.1. The summed E-state index contributed by atoms with van der Waals surface area (Å²) in [6.45, 7) is 0.994. The largest absolute Gasteiger partial charge is 0.393 e. The SMILES string of the molecule is CN(C)C1CCC(Nc2nc(NCCc3cccc(F)c3)n3ncc(/C=C4\CC(=O)NC4=O)c3n2)CC1.O=C1C/C(=C\c2cnn3c(NCCc4cccc(F)c4)nc(NC4CCC(O)CC4)nc23)C(=O)N1. The fraction of sp³-hybridized carbons (Fsp3) is 0.400. The van der Waals surface area contributed by atoms with Crippen molar-refractivity contribution in [2.45, 2.75) is 101 Å². The number of aliphatic hydroxyl groups is 1. The molecule has 20 nitrogen and oxygen atoms in total. The molecule has 22 heteroatoms. The van der Waals surface area contributed by atoms with E-state index < -0.39 is 11.8 Å². The van der Waals surface area contributed by atoms with Crippen molar-refractivity contribution in [3.05, 3.63) is 106 Å². The molecule has 10 rings (SSSR count). The van der Waals surface area contributed by atoms with E-state index in [1.807, 2.05) is 12.1 Å². The van der Waals surface area contributed by atoms with Gasteiger partial charge in [-0.25, -0.2) is 8.78 Å². The van der Waals surface area contributed by atoms with Crippen LogP contribution in [0.5, 0.6) is 0 Å². The minimum Gasteiger partial charge on any atom is -0.393 e. The van der Waals surface area contributed by atoms with E-state index in [0.717, 1.165) is 49.7 Å². The molecule has 2 aliphatic heterocycles. The molecule has 72 heavy (non-hydrogen) atoms. The van der Waals surface area contributed by atoms with Crippen LogP contribution in [0.25, 0.3) is 23.4 Å². The molecule has 2 saturated carbocycles. The third-order valence-electron chi connectivity index (χ3n) is 13.2. The smallest absolute Gasteiger partial charge is 0.254 e. The average Bonchev–Trinajstić information content (AvgIpc) is 4.12. The van der Waals surface area contributed by atoms with Crippen molar-refractivity contribution < 1.29 is 33.1 Å². The van der Waals surface area contributed by atoms with Gasteiger partial charge < -0.3 is 31.3 Å². The van der Waals surface area contributed by atoms with Gasteiger partial charge in [-0.15, -0.1) is 0 Å². The fourth-order valence-corrected chi connectivity index (χ4v) is 9.31. The Labute approximate surface area is 413 Å². The van der Waals surface area contributed by atoms with Crippen molar-refractivity contribution in [2.24, 2.45) is 0 Å². The van der Waals surface area contributed by atoms with Gasteiger partial charge in [-0.05, 0) is 126 Å². The van der Waals surface area contributed by atoms with E-state index in [-0.39, 0.29) is 54.5 Å². The third-order valence-corrected chi connectivity index (χ3v) is 13.2. The minimum atomic E-state index is -0.420. The van der Waals surface area contributed by atoms with Crippen LogP contribution in [0.15, 0.2) is 72.1 Å². The van der Waals surface area contributed by atoms with Gasteiger partial charge in [-0.3, -0.25) is 29.8 Å². The number of hydrogen-bond acceptors (Lipinski definition) is 16. The lowest BCUT2D eigenvalue weighted by Crippen LogP contribution is -2.36. The predicted octanol–water partition coefficient (Wildman–Crippen LogP) is 4.70. The Kier molecular flexibility index (Phi) is 15.2. The molecule has 4 fully saturated rings. The van der Waals surface area contributed by atoms with E-state index in [1.54, 1.807) is 45.7 Å². The number of carbonyl (C=O) groups is 4. The van der Waals surface area contributed by atoms with E-state index in [1.165, 1.54) is 24.3 Å².